The number of aromatic nitrogens is 2. The molecule has 31 heavy (non-hydrogen) atoms. The van der Waals surface area contributed by atoms with E-state index in [4.69, 9.17) is 21.7 Å². The van der Waals surface area contributed by atoms with E-state index in [-0.39, 0.29) is 18.2 Å². The molecule has 1 fully saturated rings. The Labute approximate surface area is 183 Å². The number of rotatable bonds is 5. The van der Waals surface area contributed by atoms with Crippen molar-refractivity contribution in [3.05, 3.63) is 57.3 Å². The lowest BCUT2D eigenvalue weighted by molar-refractivity contribution is -0.900. The molecule has 0 atom stereocenters. The van der Waals surface area contributed by atoms with Crippen molar-refractivity contribution in [3.63, 3.8) is 0 Å². The number of benzene rings is 2. The summed E-state index contributed by atoms with van der Waals surface area (Å²) in [6, 6.07) is 10.4. The zero-order chi connectivity index (χ0) is 21.4. The van der Waals surface area contributed by atoms with E-state index in [1.807, 2.05) is 12.1 Å². The van der Waals surface area contributed by atoms with Gasteiger partial charge in [-0.05, 0) is 30.4 Å². The number of nitrogens with zero attached hydrogens (tertiary/aromatic N) is 2. The van der Waals surface area contributed by atoms with Gasteiger partial charge >= 0.3 is 0 Å². The fraction of sp³-hybridized carbons (Fsp3) is 0.364. The van der Waals surface area contributed by atoms with Gasteiger partial charge in [0.1, 0.15) is 5.82 Å². The first-order valence-corrected chi connectivity index (χ1v) is 10.9. The van der Waals surface area contributed by atoms with E-state index in [9.17, 15) is 9.18 Å². The summed E-state index contributed by atoms with van der Waals surface area (Å²) < 4.78 is 26.8. The molecule has 1 aromatic heterocycles. The molecule has 1 saturated heterocycles. The van der Waals surface area contributed by atoms with Crippen LogP contribution in [0.5, 0.6) is 11.5 Å². The molecule has 0 spiro atoms. The fourth-order valence-electron chi connectivity index (χ4n) is 4.35. The number of nitrogens with one attached hydrogen (secondary N) is 2. The molecule has 0 bridgehead atoms. The van der Waals surface area contributed by atoms with Gasteiger partial charge in [-0.3, -0.25) is 9.36 Å². The van der Waals surface area contributed by atoms with Crippen LogP contribution in [0, 0.1) is 10.6 Å². The zero-order valence-electron chi connectivity index (χ0n) is 17.0. The van der Waals surface area contributed by atoms with Crippen LogP contribution in [0.25, 0.3) is 10.9 Å². The molecular formula is C22H24FN4O3S+. The largest absolute Gasteiger partial charge is 0.454 e. The molecule has 3 heterocycles. The molecule has 2 aromatic carbocycles. The maximum Gasteiger partial charge on any atom is 0.262 e. The topological polar surface area (TPSA) is 63.9 Å². The number of ether oxygens (including phenoxy) is 2. The Morgan fingerprint density at radius 2 is 1.87 bits per heavy atom. The third-order valence-electron chi connectivity index (χ3n) is 6.05. The van der Waals surface area contributed by atoms with E-state index in [0.717, 1.165) is 39.1 Å². The van der Waals surface area contributed by atoms with Crippen molar-refractivity contribution >= 4 is 28.8 Å². The van der Waals surface area contributed by atoms with Gasteiger partial charge in [-0.1, -0.05) is 12.1 Å². The van der Waals surface area contributed by atoms with Crippen molar-refractivity contribution in [3.8, 4) is 11.5 Å². The second-order valence-corrected chi connectivity index (χ2v) is 8.32. The summed E-state index contributed by atoms with van der Waals surface area (Å²) in [6.07, 6.45) is 0.836. The van der Waals surface area contributed by atoms with Gasteiger partial charge in [0.05, 0.1) is 49.3 Å². The van der Waals surface area contributed by atoms with E-state index in [1.165, 1.54) is 11.0 Å². The standard InChI is InChI=1S/C22H23FN4O3S/c23-16-4-1-2-5-18(16)26-10-8-25(9-11-26)6-3-7-27-21(28)15-12-19-20(30-14-29-19)13-17(15)24-22(27)31/h1-2,4-5,12-13H,3,6-11,14H2,(H,24,31)/p+1. The molecule has 0 unspecified atom stereocenters. The van der Waals surface area contributed by atoms with Crippen molar-refractivity contribution < 1.29 is 18.8 Å². The highest BCUT2D eigenvalue weighted by atomic mass is 32.1. The molecule has 2 N–H and O–H groups in total. The first kappa shape index (κ1) is 20.0. The van der Waals surface area contributed by atoms with Gasteiger partial charge in [0.25, 0.3) is 5.56 Å². The third-order valence-corrected chi connectivity index (χ3v) is 6.37. The predicted octanol–water partition coefficient (Wildman–Crippen LogP) is 1.72. The van der Waals surface area contributed by atoms with Gasteiger partial charge in [0.15, 0.2) is 16.3 Å². The van der Waals surface area contributed by atoms with Crippen LogP contribution in [-0.4, -0.2) is 49.1 Å². The van der Waals surface area contributed by atoms with E-state index >= 15 is 0 Å². The number of piperazine rings is 1. The van der Waals surface area contributed by atoms with Crippen LogP contribution in [0.1, 0.15) is 6.42 Å². The molecule has 9 heteroatoms. The average molecular weight is 444 g/mol. The van der Waals surface area contributed by atoms with Crippen molar-refractivity contribution in [2.75, 3.05) is 44.4 Å². The van der Waals surface area contributed by atoms with Crippen LogP contribution in [0.15, 0.2) is 41.2 Å². The summed E-state index contributed by atoms with van der Waals surface area (Å²) in [5.41, 5.74) is 1.22. The molecule has 2 aliphatic heterocycles. The highest BCUT2D eigenvalue weighted by Crippen LogP contribution is 2.34. The number of aromatic amines is 1. The molecule has 0 radical (unpaired) electrons. The van der Waals surface area contributed by atoms with E-state index in [1.54, 1.807) is 22.8 Å². The van der Waals surface area contributed by atoms with E-state index in [2.05, 4.69) is 9.88 Å². The Morgan fingerprint density at radius 3 is 2.65 bits per heavy atom. The summed E-state index contributed by atoms with van der Waals surface area (Å²) in [4.78, 5) is 19.7. The summed E-state index contributed by atoms with van der Waals surface area (Å²) >= 11 is 5.43. The predicted molar refractivity (Wildman–Crippen MR) is 118 cm³/mol. The Kier molecular flexibility index (Phi) is 5.37. The normalized spacial score (nSPS) is 16.2. The number of halogens is 1. The van der Waals surface area contributed by atoms with E-state index in [0.29, 0.717) is 39.4 Å². The maximum atomic E-state index is 14.0. The van der Waals surface area contributed by atoms with Gasteiger partial charge in [-0.15, -0.1) is 0 Å². The zero-order valence-corrected chi connectivity index (χ0v) is 17.8. The van der Waals surface area contributed by atoms with Crippen LogP contribution < -0.4 is 24.8 Å². The summed E-state index contributed by atoms with van der Waals surface area (Å²) in [5, 5.41) is 0.545. The molecule has 0 saturated carbocycles. The van der Waals surface area contributed by atoms with Crippen molar-refractivity contribution in [1.29, 1.82) is 0 Å². The molecule has 7 nitrogen and oxygen atoms in total. The minimum atomic E-state index is -0.168. The van der Waals surface area contributed by atoms with E-state index < -0.39 is 0 Å². The molecular weight excluding hydrogens is 419 g/mol. The quantitative estimate of drug-likeness (QED) is 0.588. The van der Waals surface area contributed by atoms with Crippen LogP contribution in [-0.2, 0) is 6.54 Å². The monoisotopic (exact) mass is 443 g/mol. The maximum absolute atomic E-state index is 14.0. The van der Waals surface area contributed by atoms with Crippen molar-refractivity contribution in [2.24, 2.45) is 0 Å². The lowest BCUT2D eigenvalue weighted by Crippen LogP contribution is -3.14. The number of hydrogen-bond donors (Lipinski definition) is 2. The third kappa shape index (κ3) is 3.90. The van der Waals surface area contributed by atoms with Gasteiger partial charge < -0.3 is 24.3 Å². The minimum Gasteiger partial charge on any atom is -0.454 e. The van der Waals surface area contributed by atoms with Gasteiger partial charge in [0.2, 0.25) is 6.79 Å². The SMILES string of the molecule is O=c1c2cc3c(cc2[nH]c(=S)n1CCC[NH+]1CCN(c2ccccc2F)CC1)OCO3. The summed E-state index contributed by atoms with van der Waals surface area (Å²) in [7, 11) is 0. The highest BCUT2D eigenvalue weighted by Gasteiger charge is 2.22. The Balaban J connectivity index is 1.22. The molecule has 162 valence electrons. The smallest absolute Gasteiger partial charge is 0.262 e. The first-order valence-electron chi connectivity index (χ1n) is 10.5. The molecule has 5 rings (SSSR count). The molecule has 2 aliphatic rings. The Morgan fingerprint density at radius 1 is 1.13 bits per heavy atom. The molecule has 0 aliphatic carbocycles. The minimum absolute atomic E-state index is 0.114. The molecule has 0 amide bonds. The highest BCUT2D eigenvalue weighted by molar-refractivity contribution is 7.71. The fourth-order valence-corrected chi connectivity index (χ4v) is 4.64. The van der Waals surface area contributed by atoms with Crippen molar-refractivity contribution in [2.45, 2.75) is 13.0 Å². The number of para-hydroxylation sites is 1. The summed E-state index contributed by atoms with van der Waals surface area (Å²) in [5.74, 6) is 1.03. The Hall–Kier alpha value is -2.91. The summed E-state index contributed by atoms with van der Waals surface area (Å²) in [6.45, 7) is 5.17. The van der Waals surface area contributed by atoms with Crippen LogP contribution in [0.2, 0.25) is 0 Å². The molecule has 3 aromatic rings. The van der Waals surface area contributed by atoms with Crippen LogP contribution in [0.3, 0.4) is 0 Å². The number of anilines is 1. The van der Waals surface area contributed by atoms with Gasteiger partial charge in [0, 0.05) is 19.0 Å². The number of hydrogen-bond acceptors (Lipinski definition) is 5. The van der Waals surface area contributed by atoms with Crippen LogP contribution >= 0.6 is 12.2 Å². The van der Waals surface area contributed by atoms with Gasteiger partial charge in [-0.25, -0.2) is 4.39 Å². The second-order valence-electron chi connectivity index (χ2n) is 7.93. The Bertz CT molecular complexity index is 1230. The lowest BCUT2D eigenvalue weighted by Gasteiger charge is -2.33. The van der Waals surface area contributed by atoms with Gasteiger partial charge in [-0.2, -0.15) is 0 Å². The van der Waals surface area contributed by atoms with Crippen LogP contribution in [0.4, 0.5) is 10.1 Å². The lowest BCUT2D eigenvalue weighted by atomic mass is 10.2. The van der Waals surface area contributed by atoms with Crippen molar-refractivity contribution in [1.82, 2.24) is 9.55 Å². The average Bonchev–Trinajstić information content (AvgIpc) is 3.23. The second kappa shape index (κ2) is 8.32. The number of H-pyrrole nitrogens is 1. The first-order chi connectivity index (χ1) is 15.1. The number of fused-ring (bicyclic) bond motifs is 2. The number of quaternary nitrogens is 1.